The third kappa shape index (κ3) is 3.03. The topological polar surface area (TPSA) is 92.0 Å². The van der Waals surface area contributed by atoms with Gasteiger partial charge in [-0.25, -0.2) is 0 Å². The highest BCUT2D eigenvalue weighted by atomic mass is 16.3. The minimum atomic E-state index is -0.0502. The molecule has 26 heavy (non-hydrogen) atoms. The van der Waals surface area contributed by atoms with E-state index < -0.39 is 0 Å². The molecule has 3 aromatic heterocycles. The number of carbonyl (C=O) groups excluding carboxylic acids is 1. The molecule has 0 aliphatic carbocycles. The van der Waals surface area contributed by atoms with Crippen LogP contribution in [0.5, 0.6) is 0 Å². The Morgan fingerprint density at radius 1 is 1.27 bits per heavy atom. The second-order valence-electron chi connectivity index (χ2n) is 6.59. The van der Waals surface area contributed by atoms with E-state index in [0.29, 0.717) is 13.0 Å². The van der Waals surface area contributed by atoms with Crippen molar-refractivity contribution in [3.63, 3.8) is 0 Å². The van der Waals surface area contributed by atoms with Crippen LogP contribution in [0.1, 0.15) is 30.3 Å². The minimum Gasteiger partial charge on any atom is -0.458 e. The number of rotatable bonds is 5. The Morgan fingerprint density at radius 3 is 2.88 bits per heavy atom. The first-order chi connectivity index (χ1) is 12.6. The van der Waals surface area contributed by atoms with Crippen LogP contribution in [0.4, 0.5) is 0 Å². The summed E-state index contributed by atoms with van der Waals surface area (Å²) in [7, 11) is 3.76. The lowest BCUT2D eigenvalue weighted by Crippen LogP contribution is -2.49. The maximum absolute atomic E-state index is 12.2. The maximum atomic E-state index is 12.2. The Kier molecular flexibility index (Phi) is 4.34. The molecule has 4 heterocycles. The number of amides is 1. The fraction of sp³-hybridized carbons (Fsp3) is 0.389. The number of likely N-dealkylation sites (tertiary alicyclic amines) is 1. The number of aromatic nitrogens is 4. The molecular weight excluding hydrogens is 332 g/mol. The molecule has 1 fully saturated rings. The van der Waals surface area contributed by atoms with Crippen molar-refractivity contribution in [1.82, 2.24) is 30.2 Å². The Hall–Kier alpha value is -2.87. The Morgan fingerprint density at radius 2 is 2.15 bits per heavy atom. The van der Waals surface area contributed by atoms with E-state index in [-0.39, 0.29) is 18.0 Å². The zero-order valence-corrected chi connectivity index (χ0v) is 14.8. The van der Waals surface area contributed by atoms with Gasteiger partial charge < -0.3 is 14.6 Å². The fourth-order valence-electron chi connectivity index (χ4n) is 3.57. The van der Waals surface area contributed by atoms with Crippen LogP contribution in [0.25, 0.3) is 11.5 Å². The zero-order chi connectivity index (χ0) is 18.1. The molecule has 1 aliphatic heterocycles. The van der Waals surface area contributed by atoms with Gasteiger partial charge in [0, 0.05) is 39.0 Å². The number of likely N-dealkylation sites (N-methyl/N-ethyl adjacent to an activating group) is 1. The molecule has 0 unspecified atom stereocenters. The predicted molar refractivity (Wildman–Crippen MR) is 94.9 cm³/mol. The van der Waals surface area contributed by atoms with Crippen molar-refractivity contribution in [2.75, 3.05) is 7.05 Å². The van der Waals surface area contributed by atoms with E-state index >= 15 is 0 Å². The van der Waals surface area contributed by atoms with Gasteiger partial charge in [-0.15, -0.1) is 0 Å². The standard InChI is InChI=1S/C18H22N6O2/c1-23-17(25)6-4-14(18(23)15-8-10-21-24(15)2)19-11-12-3-5-16(26-12)13-7-9-20-22-13/h3,5,7-10,14,18-19H,4,6,11H2,1-2H3,(H,20,22)/t14-,18-/m1/s1. The molecule has 0 radical (unpaired) electrons. The van der Waals surface area contributed by atoms with E-state index in [4.69, 9.17) is 4.42 Å². The molecule has 1 aliphatic rings. The monoisotopic (exact) mass is 354 g/mol. The first-order valence-corrected chi connectivity index (χ1v) is 8.69. The molecule has 2 atom stereocenters. The molecule has 0 aromatic carbocycles. The molecule has 2 N–H and O–H groups in total. The average molecular weight is 354 g/mol. The Labute approximate surface area is 151 Å². The number of hydrogen-bond donors (Lipinski definition) is 2. The van der Waals surface area contributed by atoms with Gasteiger partial charge in [0.05, 0.1) is 18.3 Å². The van der Waals surface area contributed by atoms with Crippen LogP contribution in [0.15, 0.2) is 41.1 Å². The van der Waals surface area contributed by atoms with Crippen molar-refractivity contribution in [3.8, 4) is 11.5 Å². The first-order valence-electron chi connectivity index (χ1n) is 8.69. The van der Waals surface area contributed by atoms with Gasteiger partial charge in [-0.05, 0) is 30.7 Å². The molecule has 8 nitrogen and oxygen atoms in total. The normalized spacial score (nSPS) is 20.7. The minimum absolute atomic E-state index is 0.0502. The van der Waals surface area contributed by atoms with Gasteiger partial charge in [-0.2, -0.15) is 10.2 Å². The third-order valence-electron chi connectivity index (χ3n) is 4.99. The lowest BCUT2D eigenvalue weighted by Gasteiger charge is -2.39. The van der Waals surface area contributed by atoms with Crippen molar-refractivity contribution in [2.24, 2.45) is 7.05 Å². The Balaban J connectivity index is 1.49. The molecule has 0 bridgehead atoms. The van der Waals surface area contributed by atoms with Crippen LogP contribution in [-0.2, 0) is 18.4 Å². The SMILES string of the molecule is CN1C(=O)CC[C@@H](NCc2ccc(-c3ccn[nH]3)o2)[C@@H]1c1ccnn1C. The number of aryl methyl sites for hydroxylation is 1. The van der Waals surface area contributed by atoms with Crippen LogP contribution < -0.4 is 5.32 Å². The number of nitrogens with one attached hydrogen (secondary N) is 2. The molecule has 136 valence electrons. The number of aromatic amines is 1. The van der Waals surface area contributed by atoms with Gasteiger partial charge in [0.1, 0.15) is 11.5 Å². The fourth-order valence-corrected chi connectivity index (χ4v) is 3.57. The molecule has 4 rings (SSSR count). The molecule has 0 saturated carbocycles. The number of carbonyl (C=O) groups is 1. The highest BCUT2D eigenvalue weighted by Crippen LogP contribution is 2.31. The highest BCUT2D eigenvalue weighted by Gasteiger charge is 2.36. The summed E-state index contributed by atoms with van der Waals surface area (Å²) in [6.07, 6.45) is 4.79. The van der Waals surface area contributed by atoms with Crippen molar-refractivity contribution >= 4 is 5.91 Å². The van der Waals surface area contributed by atoms with Crippen LogP contribution in [-0.4, -0.2) is 43.9 Å². The van der Waals surface area contributed by atoms with E-state index in [2.05, 4.69) is 20.6 Å². The number of nitrogens with zero attached hydrogens (tertiary/aromatic N) is 4. The molecule has 8 heteroatoms. The summed E-state index contributed by atoms with van der Waals surface area (Å²) >= 11 is 0. The summed E-state index contributed by atoms with van der Waals surface area (Å²) < 4.78 is 7.72. The van der Waals surface area contributed by atoms with E-state index in [1.807, 2.05) is 47.9 Å². The highest BCUT2D eigenvalue weighted by molar-refractivity contribution is 5.77. The third-order valence-corrected chi connectivity index (χ3v) is 4.99. The summed E-state index contributed by atoms with van der Waals surface area (Å²) in [6, 6.07) is 7.81. The van der Waals surface area contributed by atoms with Gasteiger partial charge >= 0.3 is 0 Å². The van der Waals surface area contributed by atoms with E-state index in [1.165, 1.54) is 0 Å². The van der Waals surface area contributed by atoms with E-state index in [9.17, 15) is 4.79 Å². The Bertz CT molecular complexity index is 881. The second kappa shape index (κ2) is 6.80. The smallest absolute Gasteiger partial charge is 0.222 e. The molecule has 0 spiro atoms. The van der Waals surface area contributed by atoms with Crippen molar-refractivity contribution in [1.29, 1.82) is 0 Å². The van der Waals surface area contributed by atoms with Gasteiger partial charge in [0.15, 0.2) is 5.76 Å². The van der Waals surface area contributed by atoms with Crippen LogP contribution in [0.2, 0.25) is 0 Å². The van der Waals surface area contributed by atoms with E-state index in [0.717, 1.165) is 29.3 Å². The van der Waals surface area contributed by atoms with Crippen LogP contribution >= 0.6 is 0 Å². The number of furan rings is 1. The lowest BCUT2D eigenvalue weighted by atomic mass is 9.93. The number of hydrogen-bond acceptors (Lipinski definition) is 5. The second-order valence-corrected chi connectivity index (χ2v) is 6.59. The molecule has 3 aromatic rings. The summed E-state index contributed by atoms with van der Waals surface area (Å²) in [5.74, 6) is 1.77. The van der Waals surface area contributed by atoms with Gasteiger partial charge in [0.25, 0.3) is 0 Å². The largest absolute Gasteiger partial charge is 0.458 e. The van der Waals surface area contributed by atoms with Crippen molar-refractivity contribution in [2.45, 2.75) is 31.5 Å². The number of piperidine rings is 1. The van der Waals surface area contributed by atoms with Crippen LogP contribution in [0.3, 0.4) is 0 Å². The molecular formula is C18H22N6O2. The predicted octanol–water partition coefficient (Wildman–Crippen LogP) is 1.85. The summed E-state index contributed by atoms with van der Waals surface area (Å²) in [6.45, 7) is 0.592. The van der Waals surface area contributed by atoms with Gasteiger partial charge in [-0.1, -0.05) is 0 Å². The summed E-state index contributed by atoms with van der Waals surface area (Å²) in [4.78, 5) is 14.0. The first kappa shape index (κ1) is 16.6. The van der Waals surface area contributed by atoms with Gasteiger partial charge in [-0.3, -0.25) is 14.6 Å². The quantitative estimate of drug-likeness (QED) is 0.730. The van der Waals surface area contributed by atoms with Gasteiger partial charge in [0.2, 0.25) is 5.91 Å². The maximum Gasteiger partial charge on any atom is 0.222 e. The van der Waals surface area contributed by atoms with Crippen molar-refractivity contribution in [3.05, 3.63) is 48.1 Å². The van der Waals surface area contributed by atoms with E-state index in [1.54, 1.807) is 12.4 Å². The lowest BCUT2D eigenvalue weighted by molar-refractivity contribution is -0.136. The zero-order valence-electron chi connectivity index (χ0n) is 14.8. The van der Waals surface area contributed by atoms with Crippen LogP contribution in [0, 0.1) is 0 Å². The molecule has 1 saturated heterocycles. The van der Waals surface area contributed by atoms with Crippen molar-refractivity contribution < 1.29 is 9.21 Å². The number of H-pyrrole nitrogens is 1. The summed E-state index contributed by atoms with van der Waals surface area (Å²) in [5.41, 5.74) is 1.88. The average Bonchev–Trinajstić information content (AvgIpc) is 3.37. The molecule has 1 amide bonds. The summed E-state index contributed by atoms with van der Waals surface area (Å²) in [5, 5.41) is 14.7.